The van der Waals surface area contributed by atoms with Crippen LogP contribution in [0.15, 0.2) is 138 Å². The lowest BCUT2D eigenvalue weighted by Gasteiger charge is -2.27. The highest BCUT2D eigenvalue weighted by molar-refractivity contribution is 7.85. The third-order valence-corrected chi connectivity index (χ3v) is 11.1. The van der Waals surface area contributed by atoms with Gasteiger partial charge in [0, 0.05) is 41.8 Å². The summed E-state index contributed by atoms with van der Waals surface area (Å²) in [6, 6.07) is 44.9. The molecule has 280 valence electrons. The summed E-state index contributed by atoms with van der Waals surface area (Å²) in [6.07, 6.45) is 14.8. The molecule has 0 fully saturated rings. The minimum absolute atomic E-state index is 0.0684. The van der Waals surface area contributed by atoms with E-state index < -0.39 is 16.0 Å². The summed E-state index contributed by atoms with van der Waals surface area (Å²) in [5.41, 5.74) is 6.96. The first-order valence-electron chi connectivity index (χ1n) is 19.8. The highest BCUT2D eigenvalue weighted by Crippen LogP contribution is 2.38. The van der Waals surface area contributed by atoms with Crippen molar-refractivity contribution in [3.63, 3.8) is 0 Å². The molecule has 0 atom stereocenters. The van der Waals surface area contributed by atoms with Crippen LogP contribution in [0.5, 0.6) is 0 Å². The van der Waals surface area contributed by atoms with Crippen LogP contribution in [0.2, 0.25) is 0 Å². The van der Waals surface area contributed by atoms with Crippen LogP contribution in [-0.2, 0) is 10.1 Å². The van der Waals surface area contributed by atoms with E-state index >= 15 is 0 Å². The number of unbranched alkanes of at least 4 members (excludes halogenated alkanes) is 10. The van der Waals surface area contributed by atoms with Gasteiger partial charge in [0.05, 0.1) is 4.90 Å². The average molecular weight is 731 g/mol. The second-order valence-corrected chi connectivity index (χ2v) is 15.5. The lowest BCUT2D eigenvalue weighted by molar-refractivity contribution is 0.482. The number of nitrogens with zero attached hydrogens (tertiary/aromatic N) is 2. The second-order valence-electron chi connectivity index (χ2n) is 14.1. The van der Waals surface area contributed by atoms with E-state index in [9.17, 15) is 13.0 Å². The predicted octanol–water partition coefficient (Wildman–Crippen LogP) is 13.1. The van der Waals surface area contributed by atoms with E-state index in [0.29, 0.717) is 5.56 Å². The Bertz CT molecular complexity index is 1780. The molecule has 0 aliphatic carbocycles. The van der Waals surface area contributed by atoms with Crippen molar-refractivity contribution in [3.05, 3.63) is 150 Å². The van der Waals surface area contributed by atoms with E-state index in [1.807, 2.05) is 24.3 Å². The molecule has 5 rings (SSSR count). The van der Waals surface area contributed by atoms with E-state index in [1.54, 1.807) is 6.07 Å². The summed E-state index contributed by atoms with van der Waals surface area (Å²) in [6.45, 7) is 6.34. The van der Waals surface area contributed by atoms with Crippen molar-refractivity contribution in [2.75, 3.05) is 22.9 Å². The fourth-order valence-corrected chi connectivity index (χ4v) is 8.06. The predicted molar refractivity (Wildman–Crippen MR) is 224 cm³/mol. The molecule has 0 amide bonds. The SMILES string of the molecule is CCCCCCCCN(c1ccccc1)c1ccc(C(c2ccc(N(CCCCCCCC)c3ccccc3)cc2)c2ccccc2S(=O)(=O)O)cc1. The monoisotopic (exact) mass is 730 g/mol. The molecule has 0 aromatic heterocycles. The van der Waals surface area contributed by atoms with Crippen molar-refractivity contribution in [1.82, 2.24) is 0 Å². The number of benzene rings is 5. The molecule has 0 unspecified atom stereocenters. The molecular weight excluding hydrogens is 673 g/mol. The third kappa shape index (κ3) is 11.5. The van der Waals surface area contributed by atoms with Crippen LogP contribution in [0.25, 0.3) is 0 Å². The van der Waals surface area contributed by atoms with Gasteiger partial charge in [-0.05, 0) is 84.1 Å². The van der Waals surface area contributed by atoms with E-state index in [0.717, 1.165) is 59.8 Å². The number of hydrogen-bond donors (Lipinski definition) is 1. The van der Waals surface area contributed by atoms with Gasteiger partial charge in [0.2, 0.25) is 0 Å². The quantitative estimate of drug-likeness (QED) is 0.0436. The maximum atomic E-state index is 12.7. The van der Waals surface area contributed by atoms with Crippen LogP contribution in [0.3, 0.4) is 0 Å². The van der Waals surface area contributed by atoms with Gasteiger partial charge in [-0.1, -0.05) is 157 Å². The molecule has 0 bridgehead atoms. The number of anilines is 4. The number of rotatable bonds is 22. The fourth-order valence-electron chi connectivity index (χ4n) is 7.33. The van der Waals surface area contributed by atoms with Gasteiger partial charge in [0.15, 0.2) is 0 Å². The Hall–Kier alpha value is -4.39. The Morgan fingerprint density at radius 1 is 0.453 bits per heavy atom. The van der Waals surface area contributed by atoms with Crippen LogP contribution in [-0.4, -0.2) is 26.1 Å². The van der Waals surface area contributed by atoms with Crippen molar-refractivity contribution in [2.24, 2.45) is 0 Å². The topological polar surface area (TPSA) is 60.9 Å². The third-order valence-electron chi connectivity index (χ3n) is 10.2. The van der Waals surface area contributed by atoms with Gasteiger partial charge in [0.1, 0.15) is 0 Å². The van der Waals surface area contributed by atoms with Gasteiger partial charge in [-0.25, -0.2) is 0 Å². The lowest BCUT2D eigenvalue weighted by atomic mass is 9.85. The van der Waals surface area contributed by atoms with Crippen molar-refractivity contribution in [3.8, 4) is 0 Å². The first-order chi connectivity index (χ1) is 25.9. The van der Waals surface area contributed by atoms with Gasteiger partial charge < -0.3 is 9.80 Å². The van der Waals surface area contributed by atoms with Gasteiger partial charge in [-0.15, -0.1) is 0 Å². The van der Waals surface area contributed by atoms with Crippen molar-refractivity contribution >= 4 is 32.9 Å². The lowest BCUT2D eigenvalue weighted by Crippen LogP contribution is -2.19. The minimum atomic E-state index is -4.46. The molecule has 0 heterocycles. The summed E-state index contributed by atoms with van der Waals surface area (Å²) >= 11 is 0. The molecule has 53 heavy (non-hydrogen) atoms. The largest absolute Gasteiger partial charge is 0.341 e. The van der Waals surface area contributed by atoms with Crippen molar-refractivity contribution in [1.29, 1.82) is 0 Å². The second kappa shape index (κ2) is 20.7. The van der Waals surface area contributed by atoms with Crippen molar-refractivity contribution < 1.29 is 13.0 Å². The molecule has 5 aromatic carbocycles. The van der Waals surface area contributed by atoms with E-state index in [1.165, 1.54) is 70.3 Å². The molecule has 0 aliphatic rings. The maximum absolute atomic E-state index is 12.7. The summed E-state index contributed by atoms with van der Waals surface area (Å²) in [5.74, 6) is -0.413. The van der Waals surface area contributed by atoms with Crippen LogP contribution in [0.1, 0.15) is 114 Å². The molecule has 5 nitrogen and oxygen atoms in total. The molecular formula is C47H58N2O3S. The van der Waals surface area contributed by atoms with E-state index in [4.69, 9.17) is 0 Å². The van der Waals surface area contributed by atoms with Crippen LogP contribution in [0.4, 0.5) is 22.7 Å². The van der Waals surface area contributed by atoms with Crippen LogP contribution >= 0.6 is 0 Å². The Balaban J connectivity index is 1.47. The van der Waals surface area contributed by atoms with Crippen LogP contribution < -0.4 is 9.80 Å². The van der Waals surface area contributed by atoms with Gasteiger partial charge in [-0.2, -0.15) is 8.42 Å². The van der Waals surface area contributed by atoms with Gasteiger partial charge in [0.25, 0.3) is 10.1 Å². The number of hydrogen-bond acceptors (Lipinski definition) is 4. The number of para-hydroxylation sites is 2. The molecule has 0 saturated carbocycles. The van der Waals surface area contributed by atoms with Gasteiger partial charge >= 0.3 is 0 Å². The van der Waals surface area contributed by atoms with Crippen LogP contribution in [0, 0.1) is 0 Å². The average Bonchev–Trinajstić information content (AvgIpc) is 3.19. The zero-order chi connectivity index (χ0) is 37.3. The maximum Gasteiger partial charge on any atom is 0.294 e. The van der Waals surface area contributed by atoms with E-state index in [2.05, 4.69) is 121 Å². The summed E-state index contributed by atoms with van der Waals surface area (Å²) in [4.78, 5) is 4.68. The highest BCUT2D eigenvalue weighted by atomic mass is 32.2. The van der Waals surface area contributed by atoms with E-state index in [-0.39, 0.29) is 4.90 Å². The standard InChI is InChI=1S/C47H58N2O3S/c1-3-5-7-9-11-21-37-48(41-23-15-13-16-24-41)43-33-29-39(30-34-43)47(45-27-19-20-28-46(45)53(50,51)52)40-31-35-44(36-32-40)49(42-25-17-14-18-26-42)38-22-12-10-8-6-4-2/h13-20,23-36,47H,3-12,21-22,37-38H2,1-2H3,(H,50,51,52). The Morgan fingerprint density at radius 2 is 0.811 bits per heavy atom. The first-order valence-corrected chi connectivity index (χ1v) is 21.3. The summed E-state index contributed by atoms with van der Waals surface area (Å²) < 4.78 is 35.8. The highest BCUT2D eigenvalue weighted by Gasteiger charge is 2.25. The smallest absolute Gasteiger partial charge is 0.294 e. The molecule has 0 saturated heterocycles. The molecule has 0 radical (unpaired) electrons. The molecule has 6 heteroatoms. The summed E-state index contributed by atoms with van der Waals surface area (Å²) in [5, 5.41) is 0. The normalized spacial score (nSPS) is 11.5. The zero-order valence-electron chi connectivity index (χ0n) is 31.7. The Kier molecular flexibility index (Phi) is 15.6. The minimum Gasteiger partial charge on any atom is -0.341 e. The van der Waals surface area contributed by atoms with Crippen molar-refractivity contribution in [2.45, 2.75) is 102 Å². The van der Waals surface area contributed by atoms with Gasteiger partial charge in [-0.3, -0.25) is 4.55 Å². The molecule has 0 aliphatic heterocycles. The molecule has 0 spiro atoms. The molecule has 1 N–H and O–H groups in total. The Labute approximate surface area is 319 Å². The fraction of sp³-hybridized carbons (Fsp3) is 0.362. The first kappa shape index (κ1) is 39.8. The molecule has 5 aromatic rings. The summed E-state index contributed by atoms with van der Waals surface area (Å²) in [7, 11) is -4.46. The zero-order valence-corrected chi connectivity index (χ0v) is 32.6. The Morgan fingerprint density at radius 3 is 1.23 bits per heavy atom.